The highest BCUT2D eigenvalue weighted by Crippen LogP contribution is 2.44. The Balaban J connectivity index is 1.32. The third kappa shape index (κ3) is 3.75. The van der Waals surface area contributed by atoms with Crippen molar-refractivity contribution < 1.29 is 17.9 Å². The summed E-state index contributed by atoms with van der Waals surface area (Å²) >= 11 is 0. The van der Waals surface area contributed by atoms with E-state index in [1.54, 1.807) is 28.6 Å². The first-order valence-corrected chi connectivity index (χ1v) is 12.1. The predicted molar refractivity (Wildman–Crippen MR) is 112 cm³/mol. The number of nitriles is 1. The molecule has 3 heterocycles. The van der Waals surface area contributed by atoms with Gasteiger partial charge in [-0.15, -0.1) is 0 Å². The van der Waals surface area contributed by atoms with E-state index in [0.29, 0.717) is 41.5 Å². The van der Waals surface area contributed by atoms with Gasteiger partial charge in [-0.2, -0.15) is 9.57 Å². The monoisotopic (exact) mass is 440 g/mol. The van der Waals surface area contributed by atoms with Crippen LogP contribution in [0.4, 0.5) is 0 Å². The molecule has 1 saturated carbocycles. The van der Waals surface area contributed by atoms with Gasteiger partial charge >= 0.3 is 0 Å². The van der Waals surface area contributed by atoms with Crippen molar-refractivity contribution in [1.82, 2.24) is 14.3 Å². The molecule has 2 aliphatic heterocycles. The molecule has 5 rings (SSSR count). The average molecular weight is 441 g/mol. The predicted octanol–water partition coefficient (Wildman–Crippen LogP) is 3.32. The molecule has 2 aromatic rings. The fraction of sp³-hybridized carbons (Fsp3) is 0.500. The van der Waals surface area contributed by atoms with Crippen LogP contribution in [0, 0.1) is 18.3 Å². The van der Waals surface area contributed by atoms with Crippen LogP contribution in [-0.2, 0) is 10.0 Å². The second-order valence-corrected chi connectivity index (χ2v) is 10.6. The van der Waals surface area contributed by atoms with Crippen molar-refractivity contribution in [3.8, 4) is 23.6 Å². The summed E-state index contributed by atoms with van der Waals surface area (Å²) in [5.41, 5.74) is 1.07. The van der Waals surface area contributed by atoms with Gasteiger partial charge in [0.15, 0.2) is 0 Å². The Morgan fingerprint density at radius 3 is 2.42 bits per heavy atom. The third-order valence-corrected chi connectivity index (χ3v) is 8.84. The van der Waals surface area contributed by atoms with Gasteiger partial charge in [-0.25, -0.2) is 18.4 Å². The van der Waals surface area contributed by atoms with Crippen molar-refractivity contribution in [2.75, 3.05) is 0 Å². The first-order chi connectivity index (χ1) is 15.0. The van der Waals surface area contributed by atoms with E-state index >= 15 is 0 Å². The Hall–Kier alpha value is -2.70. The number of rotatable bonds is 6. The van der Waals surface area contributed by atoms with E-state index in [1.165, 1.54) is 6.33 Å². The van der Waals surface area contributed by atoms with Crippen molar-refractivity contribution in [2.45, 2.75) is 68.9 Å². The minimum Gasteiger partial charge on any atom is -0.474 e. The smallest absolute Gasteiger partial charge is 0.229 e. The van der Waals surface area contributed by atoms with Crippen LogP contribution in [0.3, 0.4) is 0 Å². The molecule has 0 amide bonds. The fourth-order valence-electron chi connectivity index (χ4n) is 4.68. The molecule has 2 saturated heterocycles. The maximum absolute atomic E-state index is 12.8. The topological polar surface area (TPSA) is 105 Å². The van der Waals surface area contributed by atoms with Crippen molar-refractivity contribution in [2.24, 2.45) is 0 Å². The maximum Gasteiger partial charge on any atom is 0.229 e. The van der Waals surface area contributed by atoms with Gasteiger partial charge in [-0.1, -0.05) is 12.1 Å². The van der Waals surface area contributed by atoms with Crippen LogP contribution >= 0.6 is 0 Å². The molecule has 3 fully saturated rings. The molecule has 2 atom stereocenters. The molecule has 3 aliphatic rings. The van der Waals surface area contributed by atoms with Crippen LogP contribution in [0.5, 0.6) is 17.5 Å². The quantitative estimate of drug-likeness (QED) is 0.678. The first-order valence-electron chi connectivity index (χ1n) is 10.6. The summed E-state index contributed by atoms with van der Waals surface area (Å²) in [4.78, 5) is 8.49. The van der Waals surface area contributed by atoms with Gasteiger partial charge in [0.2, 0.25) is 21.8 Å². The van der Waals surface area contributed by atoms with Crippen molar-refractivity contribution in [3.05, 3.63) is 41.7 Å². The largest absolute Gasteiger partial charge is 0.474 e. The molecule has 0 spiro atoms. The number of aromatic nitrogens is 2. The minimum atomic E-state index is -3.17. The van der Waals surface area contributed by atoms with Crippen molar-refractivity contribution in [3.63, 3.8) is 0 Å². The highest BCUT2D eigenvalue weighted by molar-refractivity contribution is 7.90. The summed E-state index contributed by atoms with van der Waals surface area (Å²) in [6.45, 7) is 1.82. The van der Waals surface area contributed by atoms with E-state index in [9.17, 15) is 13.7 Å². The van der Waals surface area contributed by atoms with E-state index in [2.05, 4.69) is 16.0 Å². The summed E-state index contributed by atoms with van der Waals surface area (Å²) in [7, 11) is -3.17. The molecule has 2 bridgehead atoms. The second-order valence-electron chi connectivity index (χ2n) is 8.49. The summed E-state index contributed by atoms with van der Waals surface area (Å²) in [5, 5.41) is 9.10. The molecule has 9 heteroatoms. The fourth-order valence-corrected chi connectivity index (χ4v) is 6.97. The Kier molecular flexibility index (Phi) is 5.07. The standard InChI is InChI=1S/C22H24N4O4S/c1-14-21(24-13-25-22(14)30-20-5-3-2-4-15(20)12-23)29-18-10-16-6-7-17(11-18)26(16)31(27,28)19-8-9-19/h2-5,13,16-19H,6-11H2,1H3/t16-,17-/m0/s1. The van der Waals surface area contributed by atoms with Gasteiger partial charge in [0.25, 0.3) is 0 Å². The lowest BCUT2D eigenvalue weighted by Crippen LogP contribution is -2.50. The van der Waals surface area contributed by atoms with Crippen LogP contribution < -0.4 is 9.47 Å². The molecule has 162 valence electrons. The molecule has 0 N–H and O–H groups in total. The zero-order valence-corrected chi connectivity index (χ0v) is 18.1. The van der Waals surface area contributed by atoms with E-state index in [-0.39, 0.29) is 23.4 Å². The molecule has 8 nitrogen and oxygen atoms in total. The highest BCUT2D eigenvalue weighted by Gasteiger charge is 2.52. The van der Waals surface area contributed by atoms with Gasteiger partial charge in [0.05, 0.1) is 16.4 Å². The number of piperidine rings is 1. The minimum absolute atomic E-state index is 0.00900. The van der Waals surface area contributed by atoms with Crippen molar-refractivity contribution in [1.29, 1.82) is 5.26 Å². The molecule has 1 aromatic carbocycles. The summed E-state index contributed by atoms with van der Waals surface area (Å²) in [6.07, 6.45) is 5.96. The van der Waals surface area contributed by atoms with E-state index in [1.807, 2.05) is 6.92 Å². The van der Waals surface area contributed by atoms with Crippen LogP contribution in [0.2, 0.25) is 0 Å². The Morgan fingerprint density at radius 2 is 1.74 bits per heavy atom. The van der Waals surface area contributed by atoms with Gasteiger partial charge in [-0.05, 0) is 44.7 Å². The average Bonchev–Trinajstić information content (AvgIpc) is 3.57. The van der Waals surface area contributed by atoms with Crippen LogP contribution in [-0.4, -0.2) is 46.1 Å². The van der Waals surface area contributed by atoms with Gasteiger partial charge in [-0.3, -0.25) is 0 Å². The maximum atomic E-state index is 12.8. The Bertz CT molecular complexity index is 1130. The number of hydrogen-bond donors (Lipinski definition) is 0. The SMILES string of the molecule is Cc1c(Oc2ccccc2C#N)ncnc1OC1C[C@@H]2CC[C@@H](C1)N2S(=O)(=O)C1CC1. The molecule has 31 heavy (non-hydrogen) atoms. The Morgan fingerprint density at radius 1 is 1.06 bits per heavy atom. The third-order valence-electron chi connectivity index (χ3n) is 6.35. The number of fused-ring (bicyclic) bond motifs is 2. The number of hydrogen-bond acceptors (Lipinski definition) is 7. The first kappa shape index (κ1) is 20.2. The number of para-hydroxylation sites is 1. The number of nitrogens with zero attached hydrogens (tertiary/aromatic N) is 4. The van der Waals surface area contributed by atoms with E-state index < -0.39 is 10.0 Å². The molecular formula is C22H24N4O4S. The lowest BCUT2D eigenvalue weighted by molar-refractivity contribution is 0.0906. The van der Waals surface area contributed by atoms with E-state index in [4.69, 9.17) is 9.47 Å². The number of benzene rings is 1. The summed E-state index contributed by atoms with van der Waals surface area (Å²) < 4.78 is 39.5. The normalized spacial score (nSPS) is 25.7. The van der Waals surface area contributed by atoms with Crippen LogP contribution in [0.15, 0.2) is 30.6 Å². The van der Waals surface area contributed by atoms with Crippen molar-refractivity contribution >= 4 is 10.0 Å². The zero-order valence-electron chi connectivity index (χ0n) is 17.3. The summed E-state index contributed by atoms with van der Waals surface area (Å²) in [6, 6.07) is 9.09. The lowest BCUT2D eigenvalue weighted by Gasteiger charge is -2.37. The van der Waals surface area contributed by atoms with Crippen LogP contribution in [0.25, 0.3) is 0 Å². The second kappa shape index (κ2) is 7.77. The molecule has 0 unspecified atom stereocenters. The van der Waals surface area contributed by atoms with Crippen LogP contribution in [0.1, 0.15) is 49.7 Å². The zero-order chi connectivity index (χ0) is 21.6. The highest BCUT2D eigenvalue weighted by atomic mass is 32.2. The molecular weight excluding hydrogens is 416 g/mol. The van der Waals surface area contributed by atoms with E-state index in [0.717, 1.165) is 25.7 Å². The Labute approximate surface area is 181 Å². The number of sulfonamides is 1. The molecule has 1 aromatic heterocycles. The lowest BCUT2D eigenvalue weighted by atomic mass is 10.0. The molecule has 1 aliphatic carbocycles. The molecule has 0 radical (unpaired) electrons. The van der Waals surface area contributed by atoms with Gasteiger partial charge < -0.3 is 9.47 Å². The van der Waals surface area contributed by atoms with Gasteiger partial charge in [0, 0.05) is 24.9 Å². The van der Waals surface area contributed by atoms with Gasteiger partial charge in [0.1, 0.15) is 24.3 Å². The number of ether oxygens (including phenoxy) is 2. The summed E-state index contributed by atoms with van der Waals surface area (Å²) in [5.74, 6) is 1.20.